The Hall–Kier alpha value is -0.110. The van der Waals surface area contributed by atoms with Gasteiger partial charge < -0.3 is 0 Å². The van der Waals surface area contributed by atoms with Crippen molar-refractivity contribution in [3.63, 3.8) is 0 Å². The summed E-state index contributed by atoms with van der Waals surface area (Å²) >= 11 is -4.51. The average Bonchev–Trinajstić information content (AvgIpc) is 2.29. The Morgan fingerprint density at radius 2 is 1.41 bits per heavy atom. The van der Waals surface area contributed by atoms with Crippen LogP contribution in [-0.4, -0.2) is 40.0 Å². The van der Waals surface area contributed by atoms with Gasteiger partial charge >= 0.3 is 130 Å². The van der Waals surface area contributed by atoms with Gasteiger partial charge in [0.1, 0.15) is 0 Å². The summed E-state index contributed by atoms with van der Waals surface area (Å²) < 4.78 is 116. The van der Waals surface area contributed by atoms with Crippen LogP contribution in [0.15, 0.2) is 12.2 Å². The zero-order chi connectivity index (χ0) is 17.8. The standard InChI is InChI=1S/C10H12F7IO3S/c1-6(2)18(21-22(3,19)20)8(13)5-4-7(11,12)9(14,15)10(8,16)17/h4-6H,1-3H3. The molecular formula is C10H12F7IO3S. The van der Waals surface area contributed by atoms with Gasteiger partial charge in [-0.2, -0.15) is 0 Å². The van der Waals surface area contributed by atoms with Gasteiger partial charge in [0.2, 0.25) is 0 Å². The Bertz CT molecular complexity index is 575. The summed E-state index contributed by atoms with van der Waals surface area (Å²) in [5, 5.41) is 0. The second kappa shape index (κ2) is 5.46. The zero-order valence-corrected chi connectivity index (χ0v) is 14.4. The molecule has 132 valence electrons. The Kier molecular flexibility index (Phi) is 4.95. The van der Waals surface area contributed by atoms with Gasteiger partial charge in [0.25, 0.3) is 0 Å². The van der Waals surface area contributed by atoms with Crippen molar-refractivity contribution in [3.8, 4) is 0 Å². The van der Waals surface area contributed by atoms with Crippen LogP contribution in [0.5, 0.6) is 0 Å². The molecule has 0 saturated heterocycles. The molecule has 0 aromatic carbocycles. The SMILES string of the molecule is CC(C)I(OS(C)(=O)=O)C1(F)C=CC(F)(F)C(F)(F)C1(F)F. The zero-order valence-electron chi connectivity index (χ0n) is 11.4. The van der Waals surface area contributed by atoms with E-state index in [1.165, 1.54) is 0 Å². The number of alkyl halides is 9. The van der Waals surface area contributed by atoms with Crippen LogP contribution in [-0.2, 0) is 12.6 Å². The molecule has 1 rings (SSSR count). The van der Waals surface area contributed by atoms with Crippen LogP contribution in [0, 0.1) is 0 Å². The summed E-state index contributed by atoms with van der Waals surface area (Å²) in [6, 6.07) is 0. The van der Waals surface area contributed by atoms with Gasteiger partial charge in [-0.15, -0.1) is 0 Å². The molecule has 1 unspecified atom stereocenters. The summed E-state index contributed by atoms with van der Waals surface area (Å²) in [5.41, 5.74) is 0. The Balaban J connectivity index is 3.54. The molecular weight excluding hydrogens is 460 g/mol. The molecule has 12 heteroatoms. The van der Waals surface area contributed by atoms with E-state index in [0.717, 1.165) is 13.8 Å². The molecule has 0 saturated carbocycles. The summed E-state index contributed by atoms with van der Waals surface area (Å²) in [7, 11) is -4.44. The van der Waals surface area contributed by atoms with Gasteiger partial charge in [0.05, 0.1) is 0 Å². The predicted octanol–water partition coefficient (Wildman–Crippen LogP) is 3.93. The molecule has 0 bridgehead atoms. The first-order valence-corrected chi connectivity index (χ1v) is 10.6. The third kappa shape index (κ3) is 2.97. The quantitative estimate of drug-likeness (QED) is 0.270. The van der Waals surface area contributed by atoms with E-state index in [9.17, 15) is 39.2 Å². The normalized spacial score (nSPS) is 30.4. The van der Waals surface area contributed by atoms with Crippen LogP contribution in [0.25, 0.3) is 0 Å². The van der Waals surface area contributed by atoms with E-state index in [0.29, 0.717) is 6.26 Å². The first-order valence-electron chi connectivity index (χ1n) is 5.61. The van der Waals surface area contributed by atoms with Gasteiger partial charge in [-0.3, -0.25) is 0 Å². The van der Waals surface area contributed by atoms with Crippen LogP contribution in [0.4, 0.5) is 30.7 Å². The molecule has 0 fully saturated rings. The topological polar surface area (TPSA) is 43.4 Å². The number of hydrogen-bond donors (Lipinski definition) is 0. The van der Waals surface area contributed by atoms with Crippen LogP contribution in [0.1, 0.15) is 13.8 Å². The molecule has 0 aliphatic heterocycles. The second-order valence-corrected chi connectivity index (χ2v) is 13.0. The third-order valence-electron chi connectivity index (χ3n) is 2.58. The van der Waals surface area contributed by atoms with Crippen molar-refractivity contribution in [2.45, 2.75) is 39.2 Å². The summed E-state index contributed by atoms with van der Waals surface area (Å²) in [5.74, 6) is -17.1. The van der Waals surface area contributed by atoms with Crippen molar-refractivity contribution in [3.05, 3.63) is 12.2 Å². The van der Waals surface area contributed by atoms with Crippen molar-refractivity contribution in [2.24, 2.45) is 0 Å². The summed E-state index contributed by atoms with van der Waals surface area (Å²) in [4.78, 5) is 0. The van der Waals surface area contributed by atoms with Gasteiger partial charge in [-0.25, -0.2) is 0 Å². The molecule has 1 aliphatic carbocycles. The van der Waals surface area contributed by atoms with Crippen LogP contribution >= 0.6 is 20.2 Å². The number of allylic oxidation sites excluding steroid dienone is 2. The van der Waals surface area contributed by atoms with Crippen molar-refractivity contribution in [1.29, 1.82) is 0 Å². The fraction of sp³-hybridized carbons (Fsp3) is 0.800. The molecule has 0 spiro atoms. The minimum absolute atomic E-state index is 0.388. The minimum atomic E-state index is -6.02. The van der Waals surface area contributed by atoms with E-state index in [4.69, 9.17) is 0 Å². The molecule has 0 heterocycles. The van der Waals surface area contributed by atoms with E-state index in [1.54, 1.807) is 0 Å². The maximum absolute atomic E-state index is 14.7. The van der Waals surface area contributed by atoms with E-state index in [1.807, 2.05) is 0 Å². The van der Waals surface area contributed by atoms with E-state index in [-0.39, 0.29) is 6.08 Å². The molecule has 0 aromatic heterocycles. The number of hydrogen-bond acceptors (Lipinski definition) is 3. The Morgan fingerprint density at radius 3 is 1.77 bits per heavy atom. The Morgan fingerprint density at radius 1 is 0.955 bits per heavy atom. The van der Waals surface area contributed by atoms with E-state index >= 15 is 0 Å². The Labute approximate surface area is 129 Å². The van der Waals surface area contributed by atoms with Crippen molar-refractivity contribution >= 4 is 30.4 Å². The first kappa shape index (κ1) is 19.9. The summed E-state index contributed by atoms with van der Waals surface area (Å²) in [6.07, 6.45) is -0.621. The molecule has 1 aliphatic rings. The molecule has 0 N–H and O–H groups in total. The predicted molar refractivity (Wildman–Crippen MR) is 72.9 cm³/mol. The molecule has 0 radical (unpaired) electrons. The molecule has 1 atom stereocenters. The van der Waals surface area contributed by atoms with E-state index in [2.05, 4.69) is 2.51 Å². The van der Waals surface area contributed by atoms with Crippen LogP contribution in [0.3, 0.4) is 0 Å². The van der Waals surface area contributed by atoms with Gasteiger partial charge in [0, 0.05) is 0 Å². The average molecular weight is 472 g/mol. The fourth-order valence-electron chi connectivity index (χ4n) is 1.58. The third-order valence-corrected chi connectivity index (χ3v) is 10.9. The fourth-order valence-corrected chi connectivity index (χ4v) is 9.55. The molecule has 0 aromatic rings. The number of rotatable bonds is 4. The summed E-state index contributed by atoms with van der Waals surface area (Å²) in [6.45, 7) is 2.18. The van der Waals surface area contributed by atoms with Crippen molar-refractivity contribution in [2.75, 3.05) is 6.26 Å². The number of halogens is 8. The van der Waals surface area contributed by atoms with Crippen molar-refractivity contribution < 1.29 is 41.7 Å². The maximum atomic E-state index is 14.7. The van der Waals surface area contributed by atoms with Gasteiger partial charge in [-0.05, 0) is 0 Å². The van der Waals surface area contributed by atoms with Crippen LogP contribution in [0.2, 0.25) is 0 Å². The molecule has 22 heavy (non-hydrogen) atoms. The van der Waals surface area contributed by atoms with Gasteiger partial charge in [0.15, 0.2) is 0 Å². The first-order chi connectivity index (χ1) is 9.50. The van der Waals surface area contributed by atoms with Crippen molar-refractivity contribution in [1.82, 2.24) is 0 Å². The van der Waals surface area contributed by atoms with E-state index < -0.39 is 61.8 Å². The van der Waals surface area contributed by atoms with Crippen LogP contribution < -0.4 is 0 Å². The molecule has 0 amide bonds. The molecule has 3 nitrogen and oxygen atoms in total. The second-order valence-electron chi connectivity index (χ2n) is 4.78. The monoisotopic (exact) mass is 472 g/mol. The van der Waals surface area contributed by atoms with Gasteiger partial charge in [-0.1, -0.05) is 0 Å².